The van der Waals surface area contributed by atoms with Crippen molar-refractivity contribution in [3.8, 4) is 11.4 Å². The first kappa shape index (κ1) is 16.7. The fourth-order valence-electron chi connectivity index (χ4n) is 2.93. The molecule has 4 heterocycles. The second-order valence-corrected chi connectivity index (χ2v) is 7.49. The summed E-state index contributed by atoms with van der Waals surface area (Å²) < 4.78 is 5.33. The number of pyridine rings is 1. The van der Waals surface area contributed by atoms with Gasteiger partial charge in [0.05, 0.1) is 17.6 Å². The summed E-state index contributed by atoms with van der Waals surface area (Å²) in [5.74, 6) is 2.25. The minimum absolute atomic E-state index is 0.615. The van der Waals surface area contributed by atoms with Crippen LogP contribution in [0.5, 0.6) is 0 Å². The van der Waals surface area contributed by atoms with Gasteiger partial charge in [0.25, 0.3) is 0 Å². The molecule has 0 aliphatic heterocycles. The number of thiophene rings is 1. The van der Waals surface area contributed by atoms with Crippen LogP contribution in [0, 0.1) is 20.8 Å². The van der Waals surface area contributed by atoms with Gasteiger partial charge in [-0.1, -0.05) is 0 Å². The van der Waals surface area contributed by atoms with Gasteiger partial charge in [-0.05, 0) is 31.5 Å². The van der Waals surface area contributed by atoms with Crippen molar-refractivity contribution < 1.29 is 4.42 Å². The Kier molecular flexibility index (Phi) is 4.16. The van der Waals surface area contributed by atoms with Crippen molar-refractivity contribution in [3.05, 3.63) is 52.8 Å². The molecule has 0 unspecified atom stereocenters. The fraction of sp³-hybridized carbons (Fsp3) is 0.263. The van der Waals surface area contributed by atoms with Gasteiger partial charge in [0.1, 0.15) is 16.9 Å². The summed E-state index contributed by atoms with van der Waals surface area (Å²) in [5, 5.41) is 1.10. The number of anilines is 1. The van der Waals surface area contributed by atoms with Gasteiger partial charge in [-0.15, -0.1) is 11.3 Å². The van der Waals surface area contributed by atoms with Gasteiger partial charge in [-0.25, -0.2) is 15.0 Å². The molecule has 0 aromatic carbocycles. The van der Waals surface area contributed by atoms with Crippen LogP contribution in [0.1, 0.15) is 22.0 Å². The second-order valence-electron chi connectivity index (χ2n) is 6.29. The average molecular weight is 365 g/mol. The zero-order valence-electron chi connectivity index (χ0n) is 15.1. The Morgan fingerprint density at radius 3 is 2.69 bits per heavy atom. The predicted octanol–water partition coefficient (Wildman–Crippen LogP) is 4.30. The molecule has 7 heteroatoms. The van der Waals surface area contributed by atoms with E-state index in [9.17, 15) is 0 Å². The average Bonchev–Trinajstić information content (AvgIpc) is 3.18. The van der Waals surface area contributed by atoms with E-state index in [1.807, 2.05) is 26.1 Å². The third kappa shape index (κ3) is 2.94. The quantitative estimate of drug-likeness (QED) is 0.537. The van der Waals surface area contributed by atoms with Gasteiger partial charge < -0.3 is 9.32 Å². The summed E-state index contributed by atoms with van der Waals surface area (Å²) in [7, 11) is 2.02. The van der Waals surface area contributed by atoms with E-state index in [0.717, 1.165) is 27.3 Å². The third-order valence-electron chi connectivity index (χ3n) is 4.36. The molecule has 4 aromatic heterocycles. The van der Waals surface area contributed by atoms with E-state index in [1.165, 1.54) is 10.4 Å². The summed E-state index contributed by atoms with van der Waals surface area (Å²) in [5.41, 5.74) is 3.01. The summed E-state index contributed by atoms with van der Waals surface area (Å²) in [4.78, 5) is 22.6. The summed E-state index contributed by atoms with van der Waals surface area (Å²) in [6.45, 7) is 6.71. The molecule has 0 N–H and O–H groups in total. The lowest BCUT2D eigenvalue weighted by Gasteiger charge is -2.19. The maximum Gasteiger partial charge on any atom is 0.191 e. The highest BCUT2D eigenvalue weighted by atomic mass is 32.1. The molecule has 0 saturated carbocycles. The molecule has 0 spiro atoms. The summed E-state index contributed by atoms with van der Waals surface area (Å²) in [6.07, 6.45) is 5.23. The van der Waals surface area contributed by atoms with Gasteiger partial charge in [0, 0.05) is 36.8 Å². The Balaban J connectivity index is 1.85. The molecule has 0 aliphatic rings. The Morgan fingerprint density at radius 2 is 2.00 bits per heavy atom. The number of aromatic nitrogens is 4. The first-order valence-corrected chi connectivity index (χ1v) is 9.15. The molecular weight excluding hydrogens is 346 g/mol. The Morgan fingerprint density at radius 1 is 1.15 bits per heavy atom. The SMILES string of the molecule is Cc1nc(CN(C)c2nc(-c3cccnc3)nc3sc(C)c(C)c23)co1. The van der Waals surface area contributed by atoms with Crippen molar-refractivity contribution in [1.82, 2.24) is 19.9 Å². The number of oxazole rings is 1. The van der Waals surface area contributed by atoms with Gasteiger partial charge in [0.2, 0.25) is 0 Å². The van der Waals surface area contributed by atoms with E-state index >= 15 is 0 Å². The Bertz CT molecular complexity index is 1070. The molecular formula is C19H19N5OS. The largest absolute Gasteiger partial charge is 0.449 e. The number of hydrogen-bond donors (Lipinski definition) is 0. The minimum Gasteiger partial charge on any atom is -0.449 e. The lowest BCUT2D eigenvalue weighted by Crippen LogP contribution is -2.19. The van der Waals surface area contributed by atoms with Crippen LogP contribution in [0.15, 0.2) is 35.2 Å². The van der Waals surface area contributed by atoms with Crippen LogP contribution in [0.4, 0.5) is 5.82 Å². The smallest absolute Gasteiger partial charge is 0.191 e. The lowest BCUT2D eigenvalue weighted by molar-refractivity contribution is 0.520. The van der Waals surface area contributed by atoms with E-state index < -0.39 is 0 Å². The number of hydrogen-bond acceptors (Lipinski definition) is 7. The first-order valence-electron chi connectivity index (χ1n) is 8.33. The van der Waals surface area contributed by atoms with Crippen molar-refractivity contribution in [3.63, 3.8) is 0 Å². The molecule has 0 bridgehead atoms. The summed E-state index contributed by atoms with van der Waals surface area (Å²) >= 11 is 1.70. The number of fused-ring (bicyclic) bond motifs is 1. The van der Waals surface area contributed by atoms with Gasteiger partial charge in [-0.2, -0.15) is 0 Å². The predicted molar refractivity (Wildman–Crippen MR) is 103 cm³/mol. The normalized spacial score (nSPS) is 11.2. The van der Waals surface area contributed by atoms with Crippen molar-refractivity contribution in [2.45, 2.75) is 27.3 Å². The molecule has 26 heavy (non-hydrogen) atoms. The topological polar surface area (TPSA) is 67.9 Å². The second kappa shape index (κ2) is 6.49. The molecule has 0 aliphatic carbocycles. The Hall–Kier alpha value is -2.80. The maximum absolute atomic E-state index is 5.33. The fourth-order valence-corrected chi connectivity index (χ4v) is 3.95. The molecule has 0 radical (unpaired) electrons. The highest BCUT2D eigenvalue weighted by Gasteiger charge is 2.19. The van der Waals surface area contributed by atoms with Crippen LogP contribution in [-0.4, -0.2) is 27.0 Å². The monoisotopic (exact) mass is 365 g/mol. The number of nitrogens with zero attached hydrogens (tertiary/aromatic N) is 5. The zero-order chi connectivity index (χ0) is 18.3. The van der Waals surface area contributed by atoms with E-state index in [2.05, 4.69) is 28.7 Å². The molecule has 6 nitrogen and oxygen atoms in total. The molecule has 0 amide bonds. The van der Waals surface area contributed by atoms with Crippen LogP contribution in [0.3, 0.4) is 0 Å². The molecule has 0 fully saturated rings. The van der Waals surface area contributed by atoms with Crippen molar-refractivity contribution >= 4 is 27.4 Å². The Labute approximate surface area is 155 Å². The molecule has 0 atom stereocenters. The number of aryl methyl sites for hydroxylation is 3. The van der Waals surface area contributed by atoms with Crippen LogP contribution in [0.25, 0.3) is 21.6 Å². The zero-order valence-corrected chi connectivity index (χ0v) is 16.0. The van der Waals surface area contributed by atoms with Crippen molar-refractivity contribution in [1.29, 1.82) is 0 Å². The third-order valence-corrected chi connectivity index (χ3v) is 5.46. The van der Waals surface area contributed by atoms with E-state index in [0.29, 0.717) is 18.3 Å². The lowest BCUT2D eigenvalue weighted by atomic mass is 10.2. The maximum atomic E-state index is 5.33. The van der Waals surface area contributed by atoms with Crippen molar-refractivity contribution in [2.75, 3.05) is 11.9 Å². The van der Waals surface area contributed by atoms with Gasteiger partial charge in [0.15, 0.2) is 11.7 Å². The molecule has 0 saturated heterocycles. The van der Waals surface area contributed by atoms with Crippen molar-refractivity contribution in [2.24, 2.45) is 0 Å². The minimum atomic E-state index is 0.615. The summed E-state index contributed by atoms with van der Waals surface area (Å²) in [6, 6.07) is 3.88. The molecule has 4 rings (SSSR count). The van der Waals surface area contributed by atoms with E-state index in [1.54, 1.807) is 30.0 Å². The van der Waals surface area contributed by atoms with Gasteiger partial charge in [-0.3, -0.25) is 4.98 Å². The molecule has 4 aromatic rings. The standard InChI is InChI=1S/C19H19N5OS/c1-11-12(2)26-19-16(11)18(24(4)9-15-10-25-13(3)21-15)22-17(23-19)14-6-5-7-20-8-14/h5-8,10H,9H2,1-4H3. The van der Waals surface area contributed by atoms with Crippen LogP contribution in [-0.2, 0) is 6.54 Å². The highest BCUT2D eigenvalue weighted by Crippen LogP contribution is 2.36. The van der Waals surface area contributed by atoms with Crippen LogP contribution < -0.4 is 4.90 Å². The first-order chi connectivity index (χ1) is 12.5. The van der Waals surface area contributed by atoms with E-state index in [-0.39, 0.29) is 0 Å². The van der Waals surface area contributed by atoms with Crippen LogP contribution >= 0.6 is 11.3 Å². The molecule has 132 valence electrons. The van der Waals surface area contributed by atoms with Crippen LogP contribution in [0.2, 0.25) is 0 Å². The van der Waals surface area contributed by atoms with Gasteiger partial charge >= 0.3 is 0 Å². The van der Waals surface area contributed by atoms with E-state index in [4.69, 9.17) is 14.4 Å². The highest BCUT2D eigenvalue weighted by molar-refractivity contribution is 7.18. The number of rotatable bonds is 4.